The van der Waals surface area contributed by atoms with Crippen LogP contribution in [0.1, 0.15) is 46.1 Å². The highest BCUT2D eigenvalue weighted by atomic mass is 32.2. The van der Waals surface area contributed by atoms with Gasteiger partial charge in [-0.3, -0.25) is 14.8 Å². The Balaban J connectivity index is 1.61. The lowest BCUT2D eigenvalue weighted by Crippen LogP contribution is -2.40. The summed E-state index contributed by atoms with van der Waals surface area (Å²) in [4.78, 5) is 23.1. The van der Waals surface area contributed by atoms with Crippen molar-refractivity contribution in [3.63, 3.8) is 0 Å². The van der Waals surface area contributed by atoms with E-state index < -0.39 is 21.3 Å². The maximum atomic E-state index is 14.1. The third-order valence-electron chi connectivity index (χ3n) is 7.19. The molecule has 0 saturated heterocycles. The van der Waals surface area contributed by atoms with Crippen LogP contribution < -0.4 is 9.46 Å². The number of ether oxygens (including phenoxy) is 1. The fourth-order valence-electron chi connectivity index (χ4n) is 5.28. The zero-order valence-electron chi connectivity index (χ0n) is 21.5. The van der Waals surface area contributed by atoms with Gasteiger partial charge in [0.1, 0.15) is 5.75 Å². The Labute approximate surface area is 217 Å². The number of aromatic nitrogens is 2. The minimum absolute atomic E-state index is 0.0163. The predicted molar refractivity (Wildman–Crippen MR) is 142 cm³/mol. The second-order valence-electron chi connectivity index (χ2n) is 9.77. The molecule has 8 heteroatoms. The fourth-order valence-corrected chi connectivity index (χ4v) is 6.53. The minimum Gasteiger partial charge on any atom is -0.496 e. The number of carbonyl (C=O) groups excluding carboxylic acids is 1. The number of rotatable bonds is 6. The monoisotopic (exact) mass is 515 g/mol. The summed E-state index contributed by atoms with van der Waals surface area (Å²) in [6, 6.07) is 17.9. The standard InChI is InChI=1S/C29H29N3O4S/c1-17-9-14-26(36-5)23(15-17)29(16-24(29)21-12-10-18(2)30-20(21)4)28(33)32-37(34,35)27-8-6-7-25-22(27)13-11-19(3)31-25/h6-15,24H,16H2,1-5H3,(H,32,33)/t24-,29-/m1/s1. The average Bonchev–Trinajstić information content (AvgIpc) is 3.59. The molecule has 1 aliphatic rings. The quantitative estimate of drug-likeness (QED) is 0.396. The van der Waals surface area contributed by atoms with Crippen LogP contribution in [0, 0.1) is 27.7 Å². The van der Waals surface area contributed by atoms with Gasteiger partial charge >= 0.3 is 0 Å². The van der Waals surface area contributed by atoms with Crippen LogP contribution in [0.2, 0.25) is 0 Å². The SMILES string of the molecule is COc1ccc(C)cc1[C@]1(C(=O)NS(=O)(=O)c2cccc3nc(C)ccc23)C[C@@H]1c1ccc(C)nc1C. The zero-order valence-corrected chi connectivity index (χ0v) is 22.3. The van der Waals surface area contributed by atoms with Gasteiger partial charge in [0.2, 0.25) is 5.91 Å². The fraction of sp³-hybridized carbons (Fsp3) is 0.276. The Morgan fingerprint density at radius 1 is 0.973 bits per heavy atom. The summed E-state index contributed by atoms with van der Waals surface area (Å²) >= 11 is 0. The lowest BCUT2D eigenvalue weighted by molar-refractivity contribution is -0.122. The molecular weight excluding hydrogens is 486 g/mol. The number of sulfonamides is 1. The summed E-state index contributed by atoms with van der Waals surface area (Å²) in [6.45, 7) is 7.61. The molecule has 1 saturated carbocycles. The van der Waals surface area contributed by atoms with Crippen molar-refractivity contribution < 1.29 is 17.9 Å². The Morgan fingerprint density at radius 2 is 1.70 bits per heavy atom. The minimum atomic E-state index is -4.20. The maximum Gasteiger partial charge on any atom is 0.264 e. The Hall–Kier alpha value is -3.78. The molecule has 1 N–H and O–H groups in total. The van der Waals surface area contributed by atoms with Crippen molar-refractivity contribution in [3.05, 3.63) is 94.4 Å². The molecule has 2 atom stereocenters. The molecule has 0 bridgehead atoms. The first kappa shape index (κ1) is 24.9. The van der Waals surface area contributed by atoms with Gasteiger partial charge in [-0.05, 0) is 76.1 Å². The van der Waals surface area contributed by atoms with Crippen LogP contribution in [-0.4, -0.2) is 31.4 Å². The highest BCUT2D eigenvalue weighted by Gasteiger charge is 2.64. The van der Waals surface area contributed by atoms with Gasteiger partial charge in [-0.15, -0.1) is 0 Å². The first-order valence-corrected chi connectivity index (χ1v) is 13.6. The topological polar surface area (TPSA) is 98.2 Å². The number of hydrogen-bond donors (Lipinski definition) is 1. The average molecular weight is 516 g/mol. The van der Waals surface area contributed by atoms with Gasteiger partial charge in [0, 0.05) is 33.9 Å². The molecule has 0 radical (unpaired) electrons. The van der Waals surface area contributed by atoms with Crippen LogP contribution in [0.25, 0.3) is 10.9 Å². The number of aryl methyl sites for hydroxylation is 4. The molecule has 1 fully saturated rings. The van der Waals surface area contributed by atoms with Crippen molar-refractivity contribution in [2.75, 3.05) is 7.11 Å². The molecule has 5 rings (SSSR count). The number of amides is 1. The summed E-state index contributed by atoms with van der Waals surface area (Å²) in [6.07, 6.45) is 0.441. The van der Waals surface area contributed by atoms with Crippen molar-refractivity contribution >= 4 is 26.8 Å². The number of nitrogens with one attached hydrogen (secondary N) is 1. The van der Waals surface area contributed by atoms with Crippen LogP contribution in [0.4, 0.5) is 0 Å². The molecule has 4 aromatic rings. The third-order valence-corrected chi connectivity index (χ3v) is 8.58. The maximum absolute atomic E-state index is 14.1. The Morgan fingerprint density at radius 3 is 2.43 bits per heavy atom. The molecular formula is C29H29N3O4S. The molecule has 2 heterocycles. The van der Waals surface area contributed by atoms with Gasteiger partial charge in [0.15, 0.2) is 0 Å². The largest absolute Gasteiger partial charge is 0.496 e. The highest BCUT2D eigenvalue weighted by Crippen LogP contribution is 2.63. The number of benzene rings is 2. The van der Waals surface area contributed by atoms with Gasteiger partial charge in [0.05, 0.1) is 22.9 Å². The van der Waals surface area contributed by atoms with Crippen molar-refractivity contribution in [1.29, 1.82) is 0 Å². The molecule has 190 valence electrons. The normalized spacial score (nSPS) is 19.0. The van der Waals surface area contributed by atoms with Crippen molar-refractivity contribution in [1.82, 2.24) is 14.7 Å². The lowest BCUT2D eigenvalue weighted by Gasteiger charge is -2.22. The first-order chi connectivity index (χ1) is 17.6. The van der Waals surface area contributed by atoms with Gasteiger partial charge in [0.25, 0.3) is 10.0 Å². The van der Waals surface area contributed by atoms with E-state index in [2.05, 4.69) is 14.7 Å². The molecule has 0 unspecified atom stereocenters. The van der Waals surface area contributed by atoms with Crippen LogP contribution in [0.5, 0.6) is 5.75 Å². The van der Waals surface area contributed by atoms with Gasteiger partial charge in [-0.2, -0.15) is 0 Å². The van der Waals surface area contributed by atoms with E-state index in [1.165, 1.54) is 6.07 Å². The van der Waals surface area contributed by atoms with Crippen LogP contribution in [0.15, 0.2) is 65.6 Å². The molecule has 0 spiro atoms. The van der Waals surface area contributed by atoms with E-state index in [1.54, 1.807) is 31.4 Å². The van der Waals surface area contributed by atoms with E-state index in [-0.39, 0.29) is 10.8 Å². The van der Waals surface area contributed by atoms with Crippen molar-refractivity contribution in [3.8, 4) is 5.75 Å². The number of fused-ring (bicyclic) bond motifs is 1. The zero-order chi connectivity index (χ0) is 26.5. The predicted octanol–water partition coefficient (Wildman–Crippen LogP) is 4.80. The van der Waals surface area contributed by atoms with E-state index in [9.17, 15) is 13.2 Å². The summed E-state index contributed by atoms with van der Waals surface area (Å²) in [5.41, 5.74) is 4.46. The molecule has 7 nitrogen and oxygen atoms in total. The second-order valence-corrected chi connectivity index (χ2v) is 11.4. The van der Waals surface area contributed by atoms with E-state index in [1.807, 2.05) is 58.0 Å². The lowest BCUT2D eigenvalue weighted by atomic mass is 9.88. The molecule has 37 heavy (non-hydrogen) atoms. The summed E-state index contributed by atoms with van der Waals surface area (Å²) < 4.78 is 35.3. The molecule has 1 aliphatic carbocycles. The van der Waals surface area contributed by atoms with Gasteiger partial charge in [-0.25, -0.2) is 13.1 Å². The van der Waals surface area contributed by atoms with E-state index in [4.69, 9.17) is 4.74 Å². The molecule has 1 amide bonds. The second kappa shape index (κ2) is 8.95. The van der Waals surface area contributed by atoms with E-state index in [0.29, 0.717) is 28.6 Å². The number of nitrogens with zero attached hydrogens (tertiary/aromatic N) is 2. The Kier molecular flexibility index (Phi) is 6.02. The third kappa shape index (κ3) is 4.25. The first-order valence-electron chi connectivity index (χ1n) is 12.1. The highest BCUT2D eigenvalue weighted by molar-refractivity contribution is 7.90. The molecule has 0 aliphatic heterocycles. The van der Waals surface area contributed by atoms with Crippen LogP contribution in [0.3, 0.4) is 0 Å². The summed E-state index contributed by atoms with van der Waals surface area (Å²) in [5.74, 6) is -0.287. The summed E-state index contributed by atoms with van der Waals surface area (Å²) in [5, 5.41) is 0.460. The number of methoxy groups -OCH3 is 1. The van der Waals surface area contributed by atoms with Crippen LogP contribution >= 0.6 is 0 Å². The Bertz CT molecular complexity index is 1670. The van der Waals surface area contributed by atoms with E-state index in [0.717, 1.165) is 28.2 Å². The van der Waals surface area contributed by atoms with Gasteiger partial charge in [-0.1, -0.05) is 29.8 Å². The van der Waals surface area contributed by atoms with Gasteiger partial charge < -0.3 is 4.74 Å². The van der Waals surface area contributed by atoms with Crippen molar-refractivity contribution in [2.45, 2.75) is 50.3 Å². The smallest absolute Gasteiger partial charge is 0.264 e. The summed E-state index contributed by atoms with van der Waals surface area (Å²) in [7, 11) is -2.64. The van der Waals surface area contributed by atoms with E-state index >= 15 is 0 Å². The molecule has 2 aromatic carbocycles. The van der Waals surface area contributed by atoms with Crippen molar-refractivity contribution in [2.24, 2.45) is 0 Å². The van der Waals surface area contributed by atoms with Crippen LogP contribution in [-0.2, 0) is 20.2 Å². The molecule has 2 aromatic heterocycles. The number of hydrogen-bond acceptors (Lipinski definition) is 6. The number of carbonyl (C=O) groups is 1. The number of pyridine rings is 2.